The predicted molar refractivity (Wildman–Crippen MR) is 108 cm³/mol. The van der Waals surface area contributed by atoms with Gasteiger partial charge in [0.25, 0.3) is 0 Å². The molecule has 0 saturated carbocycles. The van der Waals surface area contributed by atoms with Crippen LogP contribution in [0.25, 0.3) is 0 Å². The fourth-order valence-corrected chi connectivity index (χ4v) is 1.94. The first kappa shape index (κ1) is 19.7. The van der Waals surface area contributed by atoms with Crippen LogP contribution in [0.1, 0.15) is 33.4 Å². The summed E-state index contributed by atoms with van der Waals surface area (Å²) < 4.78 is 0. The van der Waals surface area contributed by atoms with Crippen LogP contribution in [0.4, 0.5) is 0 Å². The van der Waals surface area contributed by atoms with Crippen molar-refractivity contribution in [3.63, 3.8) is 0 Å². The van der Waals surface area contributed by atoms with Crippen molar-refractivity contribution in [2.45, 2.75) is 41.5 Å². The summed E-state index contributed by atoms with van der Waals surface area (Å²) in [7, 11) is 0. The Bertz CT molecular complexity index is 597. The molecule has 0 atom stereocenters. The lowest BCUT2D eigenvalue weighted by molar-refractivity contribution is 1.34. The van der Waals surface area contributed by atoms with Crippen LogP contribution in [0, 0.1) is 41.5 Å². The second kappa shape index (κ2) is 10.4. The van der Waals surface area contributed by atoms with E-state index in [4.69, 9.17) is 0 Å². The van der Waals surface area contributed by atoms with Crippen molar-refractivity contribution < 1.29 is 0 Å². The van der Waals surface area contributed by atoms with Crippen LogP contribution < -0.4 is 0 Å². The largest absolute Gasteiger partial charge is 0.0620 e. The maximum atomic E-state index is 2.12. The molecule has 126 valence electrons. The first-order valence-electron chi connectivity index (χ1n) is 8.47. The maximum Gasteiger partial charge on any atom is -0.0395 e. The van der Waals surface area contributed by atoms with Crippen LogP contribution in [0.15, 0.2) is 72.8 Å². The molecule has 0 amide bonds. The van der Waals surface area contributed by atoms with Gasteiger partial charge in [0, 0.05) is 0 Å². The highest BCUT2D eigenvalue weighted by atomic mass is 13.9. The van der Waals surface area contributed by atoms with Crippen LogP contribution in [0.2, 0.25) is 0 Å². The summed E-state index contributed by atoms with van der Waals surface area (Å²) in [4.78, 5) is 0. The van der Waals surface area contributed by atoms with Gasteiger partial charge in [-0.2, -0.15) is 0 Å². The van der Waals surface area contributed by atoms with Gasteiger partial charge < -0.3 is 0 Å². The lowest BCUT2D eigenvalue weighted by Gasteiger charge is -1.93. The number of aryl methyl sites for hydroxylation is 6. The molecule has 0 aliphatic heterocycles. The van der Waals surface area contributed by atoms with E-state index >= 15 is 0 Å². The zero-order valence-electron chi connectivity index (χ0n) is 15.9. The summed E-state index contributed by atoms with van der Waals surface area (Å²) in [5.74, 6) is 0. The van der Waals surface area contributed by atoms with Gasteiger partial charge in [0.2, 0.25) is 0 Å². The predicted octanol–water partition coefficient (Wildman–Crippen LogP) is 6.91. The third kappa shape index (κ3) is 8.33. The molecule has 0 aliphatic carbocycles. The Balaban J connectivity index is 0.000000180. The van der Waals surface area contributed by atoms with Gasteiger partial charge in [-0.25, -0.2) is 0 Å². The number of hydrogen-bond donors (Lipinski definition) is 0. The molecule has 0 fully saturated rings. The molecule has 0 unspecified atom stereocenters. The van der Waals surface area contributed by atoms with Gasteiger partial charge in [-0.05, 0) is 52.7 Å². The van der Waals surface area contributed by atoms with E-state index in [-0.39, 0.29) is 0 Å². The average molecular weight is 319 g/mol. The van der Waals surface area contributed by atoms with E-state index in [1.54, 1.807) is 0 Å². The molecule has 0 aliphatic rings. The second-order valence-corrected chi connectivity index (χ2v) is 6.39. The average Bonchev–Trinajstić information content (AvgIpc) is 2.57. The Morgan fingerprint density at radius 2 is 0.542 bits per heavy atom. The van der Waals surface area contributed by atoms with Gasteiger partial charge in [-0.1, -0.05) is 95.1 Å². The highest BCUT2D eigenvalue weighted by Gasteiger charge is 1.84. The van der Waals surface area contributed by atoms with Gasteiger partial charge in [0.1, 0.15) is 0 Å². The minimum atomic E-state index is 1.33. The zero-order chi connectivity index (χ0) is 17.9. The smallest absolute Gasteiger partial charge is 0.0395 e. The molecule has 3 aromatic rings. The summed E-state index contributed by atoms with van der Waals surface area (Å²) in [6.07, 6.45) is 0. The van der Waals surface area contributed by atoms with Crippen LogP contribution in [0.3, 0.4) is 0 Å². The summed E-state index contributed by atoms with van der Waals surface area (Å²) >= 11 is 0. The standard InChI is InChI=1S/3C8H10/c2*1-7-3-5-8(2)6-4-7;1-7-5-3-4-6-8(7)2/h3*3-6H,1-2H3. The highest BCUT2D eigenvalue weighted by molar-refractivity contribution is 5.23. The molecule has 0 aromatic heterocycles. The highest BCUT2D eigenvalue weighted by Crippen LogP contribution is 2.02. The zero-order valence-corrected chi connectivity index (χ0v) is 15.9. The summed E-state index contributed by atoms with van der Waals surface area (Å²) in [5, 5.41) is 0. The van der Waals surface area contributed by atoms with Crippen molar-refractivity contribution in [3.8, 4) is 0 Å². The Morgan fingerprint density at radius 1 is 0.333 bits per heavy atom. The fraction of sp³-hybridized carbons (Fsp3) is 0.250. The summed E-state index contributed by atoms with van der Waals surface area (Å²) in [6, 6.07) is 25.3. The van der Waals surface area contributed by atoms with E-state index in [0.717, 1.165) is 0 Å². The fourth-order valence-electron chi connectivity index (χ4n) is 1.94. The van der Waals surface area contributed by atoms with Crippen molar-refractivity contribution in [2.24, 2.45) is 0 Å². The molecule has 0 nitrogen and oxygen atoms in total. The summed E-state index contributed by atoms with van der Waals surface area (Å²) in [6.45, 7) is 12.6. The minimum Gasteiger partial charge on any atom is -0.0620 e. The molecule has 0 saturated heterocycles. The molecule has 0 heteroatoms. The molecule has 0 radical (unpaired) electrons. The Labute approximate surface area is 148 Å². The van der Waals surface area contributed by atoms with Crippen molar-refractivity contribution in [3.05, 3.63) is 106 Å². The van der Waals surface area contributed by atoms with E-state index in [1.807, 2.05) is 0 Å². The van der Waals surface area contributed by atoms with Gasteiger partial charge in [0.05, 0.1) is 0 Å². The number of hydrogen-bond acceptors (Lipinski definition) is 0. The van der Waals surface area contributed by atoms with Crippen molar-refractivity contribution in [1.82, 2.24) is 0 Å². The van der Waals surface area contributed by atoms with E-state index in [9.17, 15) is 0 Å². The van der Waals surface area contributed by atoms with Crippen LogP contribution in [0.5, 0.6) is 0 Å². The van der Waals surface area contributed by atoms with E-state index in [1.165, 1.54) is 33.4 Å². The molecule has 24 heavy (non-hydrogen) atoms. The quantitative estimate of drug-likeness (QED) is 0.422. The lowest BCUT2D eigenvalue weighted by atomic mass is 10.1. The van der Waals surface area contributed by atoms with Gasteiger partial charge in [-0.15, -0.1) is 0 Å². The maximum absolute atomic E-state index is 2.12. The first-order chi connectivity index (χ1) is 11.4. The number of benzene rings is 3. The van der Waals surface area contributed by atoms with Gasteiger partial charge in [-0.3, -0.25) is 0 Å². The Morgan fingerprint density at radius 3 is 0.708 bits per heavy atom. The Hall–Kier alpha value is -2.34. The molecule has 3 rings (SSSR count). The third-order valence-electron chi connectivity index (χ3n) is 3.86. The van der Waals surface area contributed by atoms with Crippen LogP contribution in [-0.2, 0) is 0 Å². The molecular formula is C24H30. The normalized spacial score (nSPS) is 9.25. The van der Waals surface area contributed by atoms with Gasteiger partial charge >= 0.3 is 0 Å². The van der Waals surface area contributed by atoms with Gasteiger partial charge in [0.15, 0.2) is 0 Å². The van der Waals surface area contributed by atoms with Crippen molar-refractivity contribution in [2.75, 3.05) is 0 Å². The second-order valence-electron chi connectivity index (χ2n) is 6.39. The van der Waals surface area contributed by atoms with Crippen molar-refractivity contribution in [1.29, 1.82) is 0 Å². The lowest BCUT2D eigenvalue weighted by Crippen LogP contribution is -1.74. The molecule has 0 bridgehead atoms. The topological polar surface area (TPSA) is 0 Å². The van der Waals surface area contributed by atoms with E-state index in [2.05, 4.69) is 114 Å². The molecular weight excluding hydrogens is 288 g/mol. The minimum absolute atomic E-state index is 1.33. The molecule has 3 aromatic carbocycles. The molecule has 0 spiro atoms. The first-order valence-corrected chi connectivity index (χ1v) is 8.47. The summed E-state index contributed by atoms with van der Waals surface area (Å²) in [5.41, 5.74) is 8.05. The third-order valence-corrected chi connectivity index (χ3v) is 3.86. The van der Waals surface area contributed by atoms with E-state index in [0.29, 0.717) is 0 Å². The Kier molecular flexibility index (Phi) is 8.57. The SMILES string of the molecule is Cc1ccc(C)cc1.Cc1ccc(C)cc1.Cc1ccccc1C. The van der Waals surface area contributed by atoms with Crippen molar-refractivity contribution >= 4 is 0 Å². The monoisotopic (exact) mass is 318 g/mol. The number of rotatable bonds is 0. The van der Waals surface area contributed by atoms with Crippen LogP contribution >= 0.6 is 0 Å². The molecule has 0 heterocycles. The van der Waals surface area contributed by atoms with E-state index < -0.39 is 0 Å². The van der Waals surface area contributed by atoms with Crippen LogP contribution in [-0.4, -0.2) is 0 Å². The molecule has 0 N–H and O–H groups in total.